The summed E-state index contributed by atoms with van der Waals surface area (Å²) in [5, 5.41) is 10.4. The van der Waals surface area contributed by atoms with Crippen molar-refractivity contribution in [1.29, 1.82) is 0 Å². The predicted octanol–water partition coefficient (Wildman–Crippen LogP) is 7.01. The van der Waals surface area contributed by atoms with Crippen molar-refractivity contribution in [3.63, 3.8) is 0 Å². The summed E-state index contributed by atoms with van der Waals surface area (Å²) < 4.78 is 5.91. The number of pyridine rings is 1. The van der Waals surface area contributed by atoms with E-state index in [1.807, 2.05) is 24.3 Å². The highest BCUT2D eigenvalue weighted by Gasteiger charge is 2.29. The van der Waals surface area contributed by atoms with Gasteiger partial charge in [-0.2, -0.15) is 0 Å². The number of aromatic carboxylic acids is 1. The maximum absolute atomic E-state index is 11.8. The van der Waals surface area contributed by atoms with Gasteiger partial charge in [0.25, 0.3) is 0 Å². The van der Waals surface area contributed by atoms with Crippen LogP contribution in [0.1, 0.15) is 49.0 Å². The highest BCUT2D eigenvalue weighted by atomic mass is 35.5. The minimum atomic E-state index is -1.01. The molecule has 0 radical (unpaired) electrons. The number of ether oxygens (including phenoxy) is 1. The quantitative estimate of drug-likeness (QED) is 0.353. The number of carboxylic acids is 1. The van der Waals surface area contributed by atoms with Crippen LogP contribution in [0.25, 0.3) is 5.57 Å². The Bertz CT molecular complexity index is 1310. The zero-order valence-corrected chi connectivity index (χ0v) is 22.7. The predicted molar refractivity (Wildman–Crippen MR) is 152 cm³/mol. The fraction of sp³-hybridized carbons (Fsp3) is 0.355. The number of benzene rings is 2. The maximum atomic E-state index is 11.8. The van der Waals surface area contributed by atoms with Gasteiger partial charge in [0.1, 0.15) is 17.1 Å². The molecule has 2 aromatic carbocycles. The molecule has 3 aromatic rings. The molecule has 0 saturated carbocycles. The summed E-state index contributed by atoms with van der Waals surface area (Å²) in [6.07, 6.45) is 6.64. The van der Waals surface area contributed by atoms with Gasteiger partial charge in [-0.05, 0) is 72.2 Å². The van der Waals surface area contributed by atoms with Gasteiger partial charge in [-0.25, -0.2) is 4.79 Å². The number of hydrogen-bond donors (Lipinski definition) is 1. The van der Waals surface area contributed by atoms with Crippen molar-refractivity contribution in [3.05, 3.63) is 88.7 Å². The van der Waals surface area contributed by atoms with E-state index in [1.54, 1.807) is 30.6 Å². The number of carboxylic acid groups (broad SMARTS) is 1. The molecule has 7 heteroatoms. The average Bonchev–Trinajstić information content (AvgIpc) is 2.91. The van der Waals surface area contributed by atoms with E-state index in [9.17, 15) is 9.90 Å². The molecule has 1 fully saturated rings. The molecular weight excluding hydrogens is 498 g/mol. The van der Waals surface area contributed by atoms with Crippen LogP contribution in [-0.2, 0) is 0 Å². The lowest BCUT2D eigenvalue weighted by atomic mass is 9.72. The van der Waals surface area contributed by atoms with E-state index >= 15 is 0 Å². The Labute approximate surface area is 229 Å². The lowest BCUT2D eigenvalue weighted by Gasteiger charge is -2.39. The van der Waals surface area contributed by atoms with Crippen molar-refractivity contribution in [3.8, 4) is 11.5 Å². The topological polar surface area (TPSA) is 65.9 Å². The first-order valence-electron chi connectivity index (χ1n) is 13.2. The Kier molecular flexibility index (Phi) is 7.73. The molecule has 1 aliphatic carbocycles. The van der Waals surface area contributed by atoms with Crippen LogP contribution < -0.4 is 9.64 Å². The maximum Gasteiger partial charge on any atom is 0.339 e. The second-order valence-electron chi connectivity index (χ2n) is 11.0. The lowest BCUT2D eigenvalue weighted by molar-refractivity contribution is 0.0694. The Hall–Kier alpha value is -3.35. The number of piperazine rings is 1. The molecule has 0 atom stereocenters. The summed E-state index contributed by atoms with van der Waals surface area (Å²) in [6, 6.07) is 17.2. The van der Waals surface area contributed by atoms with Crippen LogP contribution >= 0.6 is 11.6 Å². The third-order valence-electron chi connectivity index (χ3n) is 7.59. The monoisotopic (exact) mass is 531 g/mol. The van der Waals surface area contributed by atoms with Crippen LogP contribution in [0.3, 0.4) is 0 Å². The summed E-state index contributed by atoms with van der Waals surface area (Å²) in [5.41, 5.74) is 5.71. The molecule has 38 heavy (non-hydrogen) atoms. The molecule has 1 N–H and O–H groups in total. The first-order chi connectivity index (χ1) is 18.3. The van der Waals surface area contributed by atoms with Crippen molar-refractivity contribution in [1.82, 2.24) is 9.88 Å². The summed E-state index contributed by atoms with van der Waals surface area (Å²) in [7, 11) is 0. The molecule has 5 rings (SSSR count). The summed E-state index contributed by atoms with van der Waals surface area (Å²) in [4.78, 5) is 20.7. The number of aromatic nitrogens is 1. The van der Waals surface area contributed by atoms with E-state index in [2.05, 4.69) is 40.8 Å². The summed E-state index contributed by atoms with van der Waals surface area (Å²) in [5.74, 6) is -0.175. The Morgan fingerprint density at radius 1 is 1.08 bits per heavy atom. The van der Waals surface area contributed by atoms with Crippen molar-refractivity contribution in [2.24, 2.45) is 5.41 Å². The molecule has 2 aliphatic rings. The van der Waals surface area contributed by atoms with E-state index in [4.69, 9.17) is 16.3 Å². The summed E-state index contributed by atoms with van der Waals surface area (Å²) in [6.45, 7) is 9.33. The van der Waals surface area contributed by atoms with Gasteiger partial charge in [-0.1, -0.05) is 43.2 Å². The minimum Gasteiger partial charge on any atom is -0.478 e. The number of allylic oxidation sites excluding steroid dienone is 1. The van der Waals surface area contributed by atoms with Gasteiger partial charge in [-0.15, -0.1) is 0 Å². The highest BCUT2D eigenvalue weighted by molar-refractivity contribution is 6.30. The molecule has 6 nitrogen and oxygen atoms in total. The Balaban J connectivity index is 1.29. The molecule has 2 heterocycles. The molecule has 0 spiro atoms. The molecule has 0 unspecified atom stereocenters. The molecule has 1 aromatic heterocycles. The van der Waals surface area contributed by atoms with Crippen molar-refractivity contribution >= 4 is 28.8 Å². The number of anilines is 1. The van der Waals surface area contributed by atoms with Gasteiger partial charge in [0.15, 0.2) is 0 Å². The first-order valence-corrected chi connectivity index (χ1v) is 13.5. The molecular formula is C31H34ClN3O3. The number of carbonyl (C=O) groups is 1. The molecule has 1 aliphatic heterocycles. The third-order valence-corrected chi connectivity index (χ3v) is 7.84. The first kappa shape index (κ1) is 26.3. The van der Waals surface area contributed by atoms with Crippen LogP contribution in [0, 0.1) is 5.41 Å². The van der Waals surface area contributed by atoms with Crippen LogP contribution in [0.2, 0.25) is 5.02 Å². The van der Waals surface area contributed by atoms with Gasteiger partial charge in [0.2, 0.25) is 0 Å². The van der Waals surface area contributed by atoms with E-state index in [0.717, 1.165) is 56.3 Å². The highest BCUT2D eigenvalue weighted by Crippen LogP contribution is 2.43. The number of rotatable bonds is 7. The van der Waals surface area contributed by atoms with E-state index in [0.29, 0.717) is 16.9 Å². The largest absolute Gasteiger partial charge is 0.478 e. The lowest BCUT2D eigenvalue weighted by Crippen LogP contribution is -2.47. The molecule has 0 amide bonds. The smallest absolute Gasteiger partial charge is 0.339 e. The SMILES string of the molecule is CC1(C)CCC(CN2CCN(c3ccc(C(=O)O)c(Oc4cccnc4)c3)CC2)=C(c2ccc(Cl)cc2)C1. The van der Waals surface area contributed by atoms with Crippen molar-refractivity contribution in [2.75, 3.05) is 37.6 Å². The second-order valence-corrected chi connectivity index (χ2v) is 11.4. The normalized spacial score (nSPS) is 17.9. The zero-order valence-electron chi connectivity index (χ0n) is 22.0. The Morgan fingerprint density at radius 3 is 2.53 bits per heavy atom. The van der Waals surface area contributed by atoms with Crippen molar-refractivity contribution in [2.45, 2.75) is 33.1 Å². The van der Waals surface area contributed by atoms with Gasteiger partial charge >= 0.3 is 5.97 Å². The molecule has 0 bridgehead atoms. The number of nitrogens with zero attached hydrogens (tertiary/aromatic N) is 3. The van der Waals surface area contributed by atoms with Gasteiger partial charge in [0.05, 0.1) is 6.20 Å². The third kappa shape index (κ3) is 6.20. The standard InChI is InChI=1S/C31H34ClN3O3/c1-31(2)12-11-23(28(19-31)22-5-7-24(32)8-6-22)21-34-14-16-35(17-15-34)25-9-10-27(30(36)37)29(18-25)38-26-4-3-13-33-20-26/h3-10,13,18,20H,11-12,14-17,19,21H2,1-2H3,(H,36,37). The van der Waals surface area contributed by atoms with E-state index in [-0.39, 0.29) is 5.56 Å². The van der Waals surface area contributed by atoms with Crippen LogP contribution in [0.5, 0.6) is 11.5 Å². The molecule has 1 saturated heterocycles. The van der Waals surface area contributed by atoms with Gasteiger partial charge in [-0.3, -0.25) is 9.88 Å². The number of halogens is 1. The van der Waals surface area contributed by atoms with Gasteiger partial charge < -0.3 is 14.7 Å². The fourth-order valence-corrected chi connectivity index (χ4v) is 5.53. The van der Waals surface area contributed by atoms with Crippen LogP contribution in [-0.4, -0.2) is 53.7 Å². The van der Waals surface area contributed by atoms with E-state index < -0.39 is 5.97 Å². The Morgan fingerprint density at radius 2 is 1.84 bits per heavy atom. The molecule has 198 valence electrons. The number of hydrogen-bond acceptors (Lipinski definition) is 5. The summed E-state index contributed by atoms with van der Waals surface area (Å²) >= 11 is 6.17. The second kappa shape index (κ2) is 11.2. The van der Waals surface area contributed by atoms with E-state index in [1.165, 1.54) is 23.1 Å². The average molecular weight is 532 g/mol. The zero-order chi connectivity index (χ0) is 26.7. The van der Waals surface area contributed by atoms with Crippen molar-refractivity contribution < 1.29 is 14.6 Å². The van der Waals surface area contributed by atoms with Crippen LogP contribution in [0.15, 0.2) is 72.6 Å². The van der Waals surface area contributed by atoms with Crippen LogP contribution in [0.4, 0.5) is 5.69 Å². The minimum absolute atomic E-state index is 0.137. The van der Waals surface area contributed by atoms with Gasteiger partial charge in [0, 0.05) is 55.7 Å². The fourth-order valence-electron chi connectivity index (χ4n) is 5.40.